The standard InChI is InChI=1S/C27H26N2O2/c1-20-15-21(2)27-24(16-20)28(14-13-25(27)30)19-26(31)29(17-22-9-5-3-6-10-22)18-23-11-7-4-8-12-23/h3-16H,17-19H2,1-2H3. The van der Waals surface area contributed by atoms with Crippen molar-refractivity contribution in [3.05, 3.63) is 118 Å². The molecule has 0 aliphatic carbocycles. The SMILES string of the molecule is Cc1cc(C)c2c(=O)ccn(CC(=O)N(Cc3ccccc3)Cc3ccccc3)c2c1. The van der Waals surface area contributed by atoms with Gasteiger partial charge in [-0.2, -0.15) is 0 Å². The van der Waals surface area contributed by atoms with E-state index in [0.717, 1.165) is 27.8 Å². The molecule has 0 saturated heterocycles. The van der Waals surface area contributed by atoms with Gasteiger partial charge in [-0.1, -0.05) is 66.7 Å². The van der Waals surface area contributed by atoms with Gasteiger partial charge >= 0.3 is 0 Å². The lowest BCUT2D eigenvalue weighted by Gasteiger charge is -2.24. The predicted octanol–water partition coefficient (Wildman–Crippen LogP) is 4.85. The van der Waals surface area contributed by atoms with E-state index in [1.54, 1.807) is 12.3 Å². The minimum Gasteiger partial charge on any atom is -0.338 e. The molecule has 0 spiro atoms. The molecule has 0 radical (unpaired) electrons. The number of carbonyl (C=O) groups is 1. The molecule has 0 aliphatic rings. The van der Waals surface area contributed by atoms with Crippen LogP contribution in [0.3, 0.4) is 0 Å². The first kappa shape index (κ1) is 20.6. The van der Waals surface area contributed by atoms with Crippen molar-refractivity contribution in [3.8, 4) is 0 Å². The number of aromatic nitrogens is 1. The second-order valence-electron chi connectivity index (χ2n) is 8.00. The summed E-state index contributed by atoms with van der Waals surface area (Å²) < 4.78 is 1.89. The van der Waals surface area contributed by atoms with Gasteiger partial charge in [0.2, 0.25) is 5.91 Å². The van der Waals surface area contributed by atoms with Gasteiger partial charge in [0.05, 0.1) is 5.52 Å². The van der Waals surface area contributed by atoms with E-state index in [2.05, 4.69) is 0 Å². The Labute approximate surface area is 182 Å². The Morgan fingerprint density at radius 2 is 1.42 bits per heavy atom. The van der Waals surface area contributed by atoms with Gasteiger partial charge in [0.25, 0.3) is 0 Å². The smallest absolute Gasteiger partial charge is 0.243 e. The third kappa shape index (κ3) is 4.75. The maximum absolute atomic E-state index is 13.4. The number of amides is 1. The maximum atomic E-state index is 13.4. The molecule has 0 fully saturated rings. The van der Waals surface area contributed by atoms with Crippen LogP contribution < -0.4 is 5.43 Å². The van der Waals surface area contributed by atoms with Gasteiger partial charge in [0.15, 0.2) is 5.43 Å². The molecule has 0 N–H and O–H groups in total. The topological polar surface area (TPSA) is 42.3 Å². The molecular weight excluding hydrogens is 384 g/mol. The molecule has 0 unspecified atom stereocenters. The Morgan fingerprint density at radius 3 is 2.00 bits per heavy atom. The zero-order valence-electron chi connectivity index (χ0n) is 17.9. The van der Waals surface area contributed by atoms with Crippen LogP contribution in [0.2, 0.25) is 0 Å². The highest BCUT2D eigenvalue weighted by Gasteiger charge is 2.17. The monoisotopic (exact) mass is 410 g/mol. The third-order valence-corrected chi connectivity index (χ3v) is 5.51. The number of benzene rings is 3. The molecule has 0 bridgehead atoms. The minimum atomic E-state index is -0.0124. The number of hydrogen-bond acceptors (Lipinski definition) is 2. The summed E-state index contributed by atoms with van der Waals surface area (Å²) in [6.45, 7) is 5.20. The largest absolute Gasteiger partial charge is 0.338 e. The van der Waals surface area contributed by atoms with E-state index in [-0.39, 0.29) is 17.9 Å². The van der Waals surface area contributed by atoms with Gasteiger partial charge in [0, 0.05) is 30.7 Å². The summed E-state index contributed by atoms with van der Waals surface area (Å²) in [6, 6.07) is 25.6. The quantitative estimate of drug-likeness (QED) is 0.456. The van der Waals surface area contributed by atoms with E-state index in [9.17, 15) is 9.59 Å². The first-order valence-electron chi connectivity index (χ1n) is 10.5. The van der Waals surface area contributed by atoms with Crippen molar-refractivity contribution >= 4 is 16.8 Å². The van der Waals surface area contributed by atoms with Gasteiger partial charge < -0.3 is 9.47 Å². The highest BCUT2D eigenvalue weighted by Crippen LogP contribution is 2.18. The highest BCUT2D eigenvalue weighted by molar-refractivity contribution is 5.85. The van der Waals surface area contributed by atoms with Crippen molar-refractivity contribution in [2.45, 2.75) is 33.5 Å². The van der Waals surface area contributed by atoms with Gasteiger partial charge in [-0.15, -0.1) is 0 Å². The lowest BCUT2D eigenvalue weighted by atomic mass is 10.1. The van der Waals surface area contributed by atoms with E-state index in [1.807, 2.05) is 96.1 Å². The van der Waals surface area contributed by atoms with Crippen LogP contribution in [0.1, 0.15) is 22.3 Å². The average molecular weight is 411 g/mol. The van der Waals surface area contributed by atoms with Crippen LogP contribution in [0, 0.1) is 13.8 Å². The second-order valence-corrected chi connectivity index (χ2v) is 8.00. The molecular formula is C27H26N2O2. The van der Waals surface area contributed by atoms with Gasteiger partial charge in [-0.3, -0.25) is 9.59 Å². The van der Waals surface area contributed by atoms with Crippen molar-refractivity contribution < 1.29 is 4.79 Å². The lowest BCUT2D eigenvalue weighted by Crippen LogP contribution is -2.33. The number of carbonyl (C=O) groups excluding carboxylic acids is 1. The zero-order valence-corrected chi connectivity index (χ0v) is 17.9. The van der Waals surface area contributed by atoms with Crippen molar-refractivity contribution in [1.82, 2.24) is 9.47 Å². The molecule has 0 atom stereocenters. The molecule has 4 heteroatoms. The number of rotatable bonds is 6. The van der Waals surface area contributed by atoms with E-state index in [4.69, 9.17) is 0 Å². The Morgan fingerprint density at radius 1 is 0.839 bits per heavy atom. The molecule has 31 heavy (non-hydrogen) atoms. The molecule has 3 aromatic carbocycles. The van der Waals surface area contributed by atoms with Crippen LogP contribution in [0.25, 0.3) is 10.9 Å². The fourth-order valence-corrected chi connectivity index (χ4v) is 4.04. The summed E-state index contributed by atoms with van der Waals surface area (Å²) >= 11 is 0. The van der Waals surface area contributed by atoms with Crippen LogP contribution in [0.15, 0.2) is 89.9 Å². The van der Waals surface area contributed by atoms with Crippen molar-refractivity contribution in [1.29, 1.82) is 0 Å². The zero-order chi connectivity index (χ0) is 21.8. The van der Waals surface area contributed by atoms with E-state index < -0.39 is 0 Å². The van der Waals surface area contributed by atoms with Crippen LogP contribution in [0.5, 0.6) is 0 Å². The number of nitrogens with zero attached hydrogens (tertiary/aromatic N) is 2. The first-order chi connectivity index (χ1) is 15.0. The first-order valence-corrected chi connectivity index (χ1v) is 10.5. The van der Waals surface area contributed by atoms with Crippen molar-refractivity contribution in [3.63, 3.8) is 0 Å². The van der Waals surface area contributed by atoms with Gasteiger partial charge in [-0.05, 0) is 42.2 Å². The van der Waals surface area contributed by atoms with Crippen LogP contribution in [-0.4, -0.2) is 15.4 Å². The van der Waals surface area contributed by atoms with Crippen LogP contribution in [0.4, 0.5) is 0 Å². The lowest BCUT2D eigenvalue weighted by molar-refractivity contribution is -0.133. The van der Waals surface area contributed by atoms with Crippen LogP contribution >= 0.6 is 0 Å². The molecule has 4 aromatic rings. The second kappa shape index (κ2) is 9.00. The predicted molar refractivity (Wildman–Crippen MR) is 125 cm³/mol. The van der Waals surface area contributed by atoms with Crippen molar-refractivity contribution in [2.75, 3.05) is 0 Å². The molecule has 1 aromatic heterocycles. The maximum Gasteiger partial charge on any atom is 0.243 e. The third-order valence-electron chi connectivity index (χ3n) is 5.51. The molecule has 4 nitrogen and oxygen atoms in total. The summed E-state index contributed by atoms with van der Waals surface area (Å²) in [5.41, 5.74) is 4.97. The molecule has 156 valence electrons. The normalized spacial score (nSPS) is 10.9. The fourth-order valence-electron chi connectivity index (χ4n) is 4.04. The summed E-state index contributed by atoms with van der Waals surface area (Å²) in [5.74, 6) is 0.0109. The Bertz CT molecular complexity index is 1220. The van der Waals surface area contributed by atoms with E-state index in [1.165, 1.54) is 0 Å². The minimum absolute atomic E-state index is 0.0109. The summed E-state index contributed by atoms with van der Waals surface area (Å²) in [4.78, 5) is 27.8. The molecule has 4 rings (SSSR count). The van der Waals surface area contributed by atoms with E-state index in [0.29, 0.717) is 18.5 Å². The van der Waals surface area contributed by atoms with Crippen LogP contribution in [-0.2, 0) is 24.4 Å². The molecule has 1 heterocycles. The highest BCUT2D eigenvalue weighted by atomic mass is 16.2. The molecule has 0 aliphatic heterocycles. The average Bonchev–Trinajstić information content (AvgIpc) is 2.76. The van der Waals surface area contributed by atoms with Gasteiger partial charge in [-0.25, -0.2) is 0 Å². The van der Waals surface area contributed by atoms with Crippen molar-refractivity contribution in [2.24, 2.45) is 0 Å². The van der Waals surface area contributed by atoms with Gasteiger partial charge in [0.1, 0.15) is 6.54 Å². The summed E-state index contributed by atoms with van der Waals surface area (Å²) in [7, 11) is 0. The summed E-state index contributed by atoms with van der Waals surface area (Å²) in [5, 5.41) is 0.679. The molecule has 0 saturated carbocycles. The Kier molecular flexibility index (Phi) is 5.99. The fraction of sp³-hybridized carbons (Fsp3) is 0.185. The Balaban J connectivity index is 1.67. The number of pyridine rings is 1. The number of aryl methyl sites for hydroxylation is 2. The molecule has 1 amide bonds. The summed E-state index contributed by atoms with van der Waals surface area (Å²) in [6.07, 6.45) is 1.73. The number of fused-ring (bicyclic) bond motifs is 1. The number of hydrogen-bond donors (Lipinski definition) is 0. The Hall–Kier alpha value is -3.66. The van der Waals surface area contributed by atoms with E-state index >= 15 is 0 Å².